The lowest BCUT2D eigenvalue weighted by atomic mass is 10.1. The third kappa shape index (κ3) is 4.20. The summed E-state index contributed by atoms with van der Waals surface area (Å²) < 4.78 is 0. The molecule has 0 unspecified atom stereocenters. The second kappa shape index (κ2) is 7.81. The lowest BCUT2D eigenvalue weighted by Gasteiger charge is -2.28. The van der Waals surface area contributed by atoms with E-state index >= 15 is 0 Å². The molecule has 1 fully saturated rings. The molecule has 2 aromatic carbocycles. The number of nitro benzene ring substituents is 2. The molecule has 27 heavy (non-hydrogen) atoms. The third-order valence-electron chi connectivity index (χ3n) is 4.43. The van der Waals surface area contributed by atoms with E-state index in [-0.39, 0.29) is 22.7 Å². The summed E-state index contributed by atoms with van der Waals surface area (Å²) in [6.07, 6.45) is 4.38. The van der Waals surface area contributed by atoms with E-state index in [1.165, 1.54) is 30.5 Å². The molecule has 9 heteroatoms. The average molecular weight is 370 g/mol. The van der Waals surface area contributed by atoms with Gasteiger partial charge in [0.25, 0.3) is 11.4 Å². The molecule has 3 rings (SSSR count). The Morgan fingerprint density at radius 1 is 1.00 bits per heavy atom. The number of non-ortho nitro benzene ring substituents is 1. The van der Waals surface area contributed by atoms with Gasteiger partial charge in [-0.3, -0.25) is 25.2 Å². The van der Waals surface area contributed by atoms with Crippen LogP contribution in [0, 0.1) is 20.2 Å². The van der Waals surface area contributed by atoms with Gasteiger partial charge in [0, 0.05) is 43.1 Å². The van der Waals surface area contributed by atoms with Crippen LogP contribution in [0.2, 0.25) is 0 Å². The number of benzene rings is 2. The first-order valence-corrected chi connectivity index (χ1v) is 8.50. The second-order valence-electron chi connectivity index (χ2n) is 6.24. The predicted octanol–water partition coefficient (Wildman–Crippen LogP) is 3.95. The van der Waals surface area contributed by atoms with E-state index in [2.05, 4.69) is 4.99 Å². The summed E-state index contributed by atoms with van der Waals surface area (Å²) in [7, 11) is 0. The van der Waals surface area contributed by atoms with Crippen molar-refractivity contribution in [3.05, 3.63) is 62.2 Å². The Hall–Kier alpha value is -3.49. The number of hydrogen-bond acceptors (Lipinski definition) is 7. The molecule has 140 valence electrons. The highest BCUT2D eigenvalue weighted by molar-refractivity contribution is 5.86. The van der Waals surface area contributed by atoms with Crippen molar-refractivity contribution < 1.29 is 15.0 Å². The minimum Gasteiger partial charge on any atom is -0.507 e. The van der Waals surface area contributed by atoms with Crippen LogP contribution in [0.25, 0.3) is 0 Å². The molecule has 1 heterocycles. The molecule has 0 saturated carbocycles. The first kappa shape index (κ1) is 18.3. The first-order valence-electron chi connectivity index (χ1n) is 8.50. The van der Waals surface area contributed by atoms with Gasteiger partial charge >= 0.3 is 0 Å². The summed E-state index contributed by atoms with van der Waals surface area (Å²) in [6, 6.07) is 8.28. The molecule has 1 N–H and O–H groups in total. The molecule has 1 aliphatic rings. The molecular formula is C18H18N4O5. The van der Waals surface area contributed by atoms with Crippen LogP contribution in [0.1, 0.15) is 24.8 Å². The lowest BCUT2D eigenvalue weighted by molar-refractivity contribution is -0.384. The smallest absolute Gasteiger partial charge is 0.294 e. The quantitative estimate of drug-likeness (QED) is 0.483. The van der Waals surface area contributed by atoms with Crippen molar-refractivity contribution in [3.63, 3.8) is 0 Å². The Kier molecular flexibility index (Phi) is 5.30. The van der Waals surface area contributed by atoms with E-state index in [1.807, 2.05) is 4.90 Å². The van der Waals surface area contributed by atoms with Gasteiger partial charge in [-0.05, 0) is 37.5 Å². The minimum absolute atomic E-state index is 0.0326. The molecular weight excluding hydrogens is 352 g/mol. The monoisotopic (exact) mass is 370 g/mol. The molecule has 0 radical (unpaired) electrons. The Bertz CT molecular complexity index is 907. The van der Waals surface area contributed by atoms with E-state index in [4.69, 9.17) is 0 Å². The molecule has 1 saturated heterocycles. The van der Waals surface area contributed by atoms with Gasteiger partial charge in [-0.1, -0.05) is 0 Å². The summed E-state index contributed by atoms with van der Waals surface area (Å²) in [5.74, 6) is -0.163. The Morgan fingerprint density at radius 3 is 2.41 bits per heavy atom. The molecule has 2 aromatic rings. The van der Waals surface area contributed by atoms with Crippen molar-refractivity contribution in [2.75, 3.05) is 18.0 Å². The summed E-state index contributed by atoms with van der Waals surface area (Å²) in [5.41, 5.74) is 0.840. The maximum atomic E-state index is 11.5. The summed E-state index contributed by atoms with van der Waals surface area (Å²) in [6.45, 7) is 1.57. The number of nitrogens with zero attached hydrogens (tertiary/aromatic N) is 4. The number of phenolic OH excluding ortho intramolecular Hbond substituents is 1. The van der Waals surface area contributed by atoms with Crippen LogP contribution in [-0.2, 0) is 0 Å². The fourth-order valence-corrected chi connectivity index (χ4v) is 3.04. The predicted molar refractivity (Wildman–Crippen MR) is 101 cm³/mol. The van der Waals surface area contributed by atoms with Crippen LogP contribution in [0.4, 0.5) is 22.7 Å². The minimum atomic E-state index is -0.574. The molecule has 0 bridgehead atoms. The summed E-state index contributed by atoms with van der Waals surface area (Å²) in [5, 5.41) is 32.1. The largest absolute Gasteiger partial charge is 0.507 e. The summed E-state index contributed by atoms with van der Waals surface area (Å²) >= 11 is 0. The van der Waals surface area contributed by atoms with E-state index in [9.17, 15) is 25.3 Å². The fraction of sp³-hybridized carbons (Fsp3) is 0.278. The fourth-order valence-electron chi connectivity index (χ4n) is 3.04. The van der Waals surface area contributed by atoms with Gasteiger partial charge in [0.05, 0.1) is 15.5 Å². The van der Waals surface area contributed by atoms with Gasteiger partial charge in [0.2, 0.25) is 0 Å². The van der Waals surface area contributed by atoms with Crippen molar-refractivity contribution in [3.8, 4) is 5.75 Å². The third-order valence-corrected chi connectivity index (χ3v) is 4.43. The van der Waals surface area contributed by atoms with Crippen molar-refractivity contribution in [1.82, 2.24) is 0 Å². The molecule has 0 amide bonds. The van der Waals surface area contributed by atoms with Gasteiger partial charge in [-0.25, -0.2) is 0 Å². The van der Waals surface area contributed by atoms with Crippen molar-refractivity contribution in [1.29, 1.82) is 0 Å². The number of piperidine rings is 1. The SMILES string of the molecule is O=[N+]([O-])c1ccc(O)c(C=Nc2ccc(N3CCCCC3)c([N+](=O)[O-])c2)c1. The van der Waals surface area contributed by atoms with Crippen molar-refractivity contribution >= 4 is 29.0 Å². The molecule has 0 spiro atoms. The molecule has 0 aromatic heterocycles. The Morgan fingerprint density at radius 2 is 1.74 bits per heavy atom. The summed E-state index contributed by atoms with van der Waals surface area (Å²) in [4.78, 5) is 27.4. The topological polar surface area (TPSA) is 122 Å². The molecule has 0 aliphatic carbocycles. The van der Waals surface area contributed by atoms with E-state index in [0.717, 1.165) is 32.4 Å². The zero-order valence-electron chi connectivity index (χ0n) is 14.4. The number of phenols is 1. The zero-order chi connectivity index (χ0) is 19.4. The number of nitro groups is 2. The standard InChI is InChI=1S/C18H18N4O5/c23-18-7-5-15(21(24)25)10-13(18)12-19-14-4-6-16(17(11-14)22(26)27)20-8-2-1-3-9-20/h4-7,10-12,23H,1-3,8-9H2. The van der Waals surface area contributed by atoms with Crippen LogP contribution in [-0.4, -0.2) is 34.3 Å². The van der Waals surface area contributed by atoms with E-state index in [0.29, 0.717) is 11.4 Å². The molecule has 1 aliphatic heterocycles. The number of anilines is 1. The van der Waals surface area contributed by atoms with Gasteiger partial charge in [-0.2, -0.15) is 0 Å². The van der Waals surface area contributed by atoms with Gasteiger partial charge in [0.15, 0.2) is 0 Å². The zero-order valence-corrected chi connectivity index (χ0v) is 14.4. The average Bonchev–Trinajstić information content (AvgIpc) is 2.67. The highest BCUT2D eigenvalue weighted by Crippen LogP contribution is 2.34. The van der Waals surface area contributed by atoms with Crippen LogP contribution in [0.3, 0.4) is 0 Å². The number of aromatic hydroxyl groups is 1. The number of aliphatic imine (C=N–C) groups is 1. The highest BCUT2D eigenvalue weighted by Gasteiger charge is 2.21. The lowest BCUT2D eigenvalue weighted by Crippen LogP contribution is -2.29. The van der Waals surface area contributed by atoms with Gasteiger partial charge < -0.3 is 10.0 Å². The van der Waals surface area contributed by atoms with Gasteiger partial charge in [-0.15, -0.1) is 0 Å². The molecule has 9 nitrogen and oxygen atoms in total. The van der Waals surface area contributed by atoms with Gasteiger partial charge in [0.1, 0.15) is 11.4 Å². The number of hydrogen-bond donors (Lipinski definition) is 1. The maximum absolute atomic E-state index is 11.5. The van der Waals surface area contributed by atoms with Crippen LogP contribution < -0.4 is 4.90 Å². The van der Waals surface area contributed by atoms with Crippen molar-refractivity contribution in [2.24, 2.45) is 4.99 Å². The molecule has 0 atom stereocenters. The van der Waals surface area contributed by atoms with Crippen LogP contribution in [0.5, 0.6) is 5.75 Å². The second-order valence-corrected chi connectivity index (χ2v) is 6.24. The Balaban J connectivity index is 1.90. The van der Waals surface area contributed by atoms with Crippen LogP contribution in [0.15, 0.2) is 41.4 Å². The van der Waals surface area contributed by atoms with E-state index < -0.39 is 9.85 Å². The van der Waals surface area contributed by atoms with Crippen LogP contribution >= 0.6 is 0 Å². The highest BCUT2D eigenvalue weighted by atomic mass is 16.6. The maximum Gasteiger partial charge on any atom is 0.294 e. The first-order chi connectivity index (χ1) is 13.0. The van der Waals surface area contributed by atoms with Crippen molar-refractivity contribution in [2.45, 2.75) is 19.3 Å². The number of rotatable bonds is 5. The Labute approximate surface area is 154 Å². The normalized spacial score (nSPS) is 14.4. The van der Waals surface area contributed by atoms with E-state index in [1.54, 1.807) is 12.1 Å².